The van der Waals surface area contributed by atoms with Gasteiger partial charge in [-0.2, -0.15) is 0 Å². The van der Waals surface area contributed by atoms with E-state index in [1.807, 2.05) is 0 Å². The van der Waals surface area contributed by atoms with Crippen LogP contribution in [-0.4, -0.2) is 72.8 Å². The molecule has 0 radical (unpaired) electrons. The number of carbonyl (C=O) groups is 2. The van der Waals surface area contributed by atoms with E-state index in [0.29, 0.717) is 21.6 Å². The molecule has 0 aliphatic carbocycles. The van der Waals surface area contributed by atoms with Crippen molar-refractivity contribution in [1.82, 2.24) is 0 Å². The molecule has 0 saturated carbocycles. The summed E-state index contributed by atoms with van der Waals surface area (Å²) in [6, 6.07) is 0. The number of rotatable bonds is 5. The molecule has 0 amide bonds. The van der Waals surface area contributed by atoms with Gasteiger partial charge < -0.3 is 20.4 Å². The standard InChI is InChI=1S/C4H6O6S2.Na.H/c5-1(6)3(9)11-12-4(10)2(7)8;;/h3-4,9-10H,(H,5,6)(H,7,8);;. The molecule has 0 aliphatic rings. The molecule has 4 N–H and O–H groups in total. The van der Waals surface area contributed by atoms with Crippen molar-refractivity contribution < 1.29 is 30.0 Å². The number of carboxylic acids is 2. The predicted octanol–water partition coefficient (Wildman–Crippen LogP) is -1.47. The van der Waals surface area contributed by atoms with E-state index in [4.69, 9.17) is 20.4 Å². The van der Waals surface area contributed by atoms with E-state index in [-0.39, 0.29) is 29.6 Å². The molecule has 0 aromatic heterocycles. The van der Waals surface area contributed by atoms with Crippen LogP contribution in [0.25, 0.3) is 0 Å². The van der Waals surface area contributed by atoms with Gasteiger partial charge in [-0.3, -0.25) is 0 Å². The third kappa shape index (κ3) is 7.62. The van der Waals surface area contributed by atoms with E-state index in [0.717, 1.165) is 0 Å². The van der Waals surface area contributed by atoms with Gasteiger partial charge in [-0.1, -0.05) is 0 Å². The minimum atomic E-state index is -1.73. The Morgan fingerprint density at radius 3 is 1.31 bits per heavy atom. The van der Waals surface area contributed by atoms with Gasteiger partial charge in [0.1, 0.15) is 0 Å². The second-order valence-corrected chi connectivity index (χ2v) is 4.01. The van der Waals surface area contributed by atoms with Crippen LogP contribution in [0.5, 0.6) is 0 Å². The van der Waals surface area contributed by atoms with Gasteiger partial charge in [0.2, 0.25) is 10.9 Å². The summed E-state index contributed by atoms with van der Waals surface area (Å²) in [6.07, 6.45) is 0. The van der Waals surface area contributed by atoms with Crippen molar-refractivity contribution in [2.75, 3.05) is 0 Å². The monoisotopic (exact) mass is 238 g/mol. The third-order valence-corrected chi connectivity index (χ3v) is 2.97. The SMILES string of the molecule is O=C(O)C(O)SSC(O)C(=O)O.[NaH]. The van der Waals surface area contributed by atoms with Gasteiger partial charge in [-0.25, -0.2) is 9.59 Å². The molecule has 0 aromatic carbocycles. The number of carboxylic acid groups (broad SMARTS) is 2. The molecule has 2 unspecified atom stereocenters. The Labute approximate surface area is 103 Å². The van der Waals surface area contributed by atoms with E-state index in [9.17, 15) is 9.59 Å². The van der Waals surface area contributed by atoms with E-state index in [2.05, 4.69) is 0 Å². The van der Waals surface area contributed by atoms with Gasteiger partial charge in [0.15, 0.2) is 0 Å². The zero-order valence-corrected chi connectivity index (χ0v) is 7.21. The summed E-state index contributed by atoms with van der Waals surface area (Å²) in [5.41, 5.74) is -3.46. The van der Waals surface area contributed by atoms with Crippen LogP contribution in [0.3, 0.4) is 0 Å². The van der Waals surface area contributed by atoms with Gasteiger partial charge in [-0.15, -0.1) is 0 Å². The third-order valence-electron chi connectivity index (χ3n) is 0.660. The Morgan fingerprint density at radius 1 is 0.923 bits per heavy atom. The van der Waals surface area contributed by atoms with Gasteiger partial charge in [0.05, 0.1) is 0 Å². The molecule has 0 rings (SSSR count). The maximum atomic E-state index is 9.97. The molecule has 13 heavy (non-hydrogen) atoms. The van der Waals surface area contributed by atoms with Gasteiger partial charge in [-0.05, 0) is 21.6 Å². The van der Waals surface area contributed by atoms with Crippen molar-refractivity contribution in [3.63, 3.8) is 0 Å². The van der Waals surface area contributed by atoms with Crippen LogP contribution in [0, 0.1) is 0 Å². The molecule has 0 saturated heterocycles. The molecule has 0 aromatic rings. The molecule has 0 fully saturated rings. The molecule has 0 aliphatic heterocycles. The first-order chi connectivity index (χ1) is 5.45. The first kappa shape index (κ1) is 16.0. The van der Waals surface area contributed by atoms with Crippen molar-refractivity contribution in [3.05, 3.63) is 0 Å². The van der Waals surface area contributed by atoms with Crippen LogP contribution in [0.2, 0.25) is 0 Å². The fourth-order valence-corrected chi connectivity index (χ4v) is 1.69. The fourth-order valence-electron chi connectivity index (χ4n) is 0.188. The summed E-state index contributed by atoms with van der Waals surface area (Å²) in [7, 11) is 0.726. The maximum absolute atomic E-state index is 9.97. The topological polar surface area (TPSA) is 115 Å². The molecule has 0 heterocycles. The second-order valence-electron chi connectivity index (χ2n) is 1.57. The van der Waals surface area contributed by atoms with Crippen LogP contribution < -0.4 is 0 Å². The van der Waals surface area contributed by atoms with Crippen LogP contribution in [0.4, 0.5) is 0 Å². The van der Waals surface area contributed by atoms with Crippen molar-refractivity contribution in [1.29, 1.82) is 0 Å². The van der Waals surface area contributed by atoms with Crippen LogP contribution in [0.15, 0.2) is 0 Å². The zero-order valence-electron chi connectivity index (χ0n) is 5.58. The summed E-state index contributed by atoms with van der Waals surface area (Å²) in [5, 5.41) is 33.4. The Hall–Kier alpha value is 0.560. The summed E-state index contributed by atoms with van der Waals surface area (Å²) >= 11 is 0. The quantitative estimate of drug-likeness (QED) is 0.260. The Balaban J connectivity index is 0. The summed E-state index contributed by atoms with van der Waals surface area (Å²) in [6.45, 7) is 0. The number of hydrogen-bond acceptors (Lipinski definition) is 6. The average molecular weight is 238 g/mol. The van der Waals surface area contributed by atoms with Gasteiger partial charge in [0.25, 0.3) is 0 Å². The summed E-state index contributed by atoms with van der Waals surface area (Å²) < 4.78 is 0. The molecular formula is C4H7NaO6S2. The molecular weight excluding hydrogens is 231 g/mol. The second kappa shape index (κ2) is 7.92. The van der Waals surface area contributed by atoms with Gasteiger partial charge in [0, 0.05) is 0 Å². The fraction of sp³-hybridized carbons (Fsp3) is 0.500. The van der Waals surface area contributed by atoms with E-state index in [1.54, 1.807) is 0 Å². The van der Waals surface area contributed by atoms with E-state index < -0.39 is 22.8 Å². The molecule has 72 valence electrons. The summed E-state index contributed by atoms with van der Waals surface area (Å²) in [5.74, 6) is -2.96. The summed E-state index contributed by atoms with van der Waals surface area (Å²) in [4.78, 5) is 19.9. The Bertz CT molecular complexity index is 167. The predicted molar refractivity (Wildman–Crippen MR) is 49.6 cm³/mol. The Morgan fingerprint density at radius 2 is 1.15 bits per heavy atom. The first-order valence-corrected chi connectivity index (χ1v) is 4.86. The number of aliphatic hydroxyl groups excluding tert-OH is 2. The number of hydrogen-bond donors (Lipinski definition) is 4. The molecule has 6 nitrogen and oxygen atoms in total. The van der Waals surface area contributed by atoms with E-state index >= 15 is 0 Å². The average Bonchev–Trinajstić information content (AvgIpc) is 1.98. The normalized spacial score (nSPS) is 14.0. The number of aliphatic hydroxyl groups is 2. The van der Waals surface area contributed by atoms with Crippen molar-refractivity contribution in [2.45, 2.75) is 10.9 Å². The van der Waals surface area contributed by atoms with Crippen molar-refractivity contribution in [3.8, 4) is 0 Å². The zero-order chi connectivity index (χ0) is 9.72. The van der Waals surface area contributed by atoms with Gasteiger partial charge >= 0.3 is 41.5 Å². The molecule has 0 spiro atoms. The van der Waals surface area contributed by atoms with Crippen LogP contribution >= 0.6 is 21.6 Å². The first-order valence-electron chi connectivity index (χ1n) is 2.59. The van der Waals surface area contributed by atoms with Crippen molar-refractivity contribution in [2.24, 2.45) is 0 Å². The molecule has 9 heteroatoms. The molecule has 0 bridgehead atoms. The van der Waals surface area contributed by atoms with E-state index in [1.165, 1.54) is 0 Å². The minimum absolute atomic E-state index is 0. The number of aliphatic carboxylic acids is 2. The Kier molecular flexibility index (Phi) is 9.75. The van der Waals surface area contributed by atoms with Crippen LogP contribution in [0.1, 0.15) is 0 Å². The molecule has 2 atom stereocenters. The van der Waals surface area contributed by atoms with Crippen LogP contribution in [-0.2, 0) is 9.59 Å². The van der Waals surface area contributed by atoms with Crippen molar-refractivity contribution >= 4 is 63.1 Å².